The second-order valence-corrected chi connectivity index (χ2v) is 3.85. The van der Waals surface area contributed by atoms with Gasteiger partial charge in [0.1, 0.15) is 0 Å². The van der Waals surface area contributed by atoms with Crippen molar-refractivity contribution < 1.29 is 10.2 Å². The molecule has 0 saturated carbocycles. The summed E-state index contributed by atoms with van der Waals surface area (Å²) in [6, 6.07) is 0. The third-order valence-electron chi connectivity index (χ3n) is 3.00. The van der Waals surface area contributed by atoms with E-state index in [-0.39, 0.29) is 25.0 Å². The number of aliphatic hydroxyl groups excluding tert-OH is 2. The molecule has 0 aromatic rings. The first-order chi connectivity index (χ1) is 5.69. The highest BCUT2D eigenvalue weighted by atomic mass is 16.3. The van der Waals surface area contributed by atoms with E-state index >= 15 is 0 Å². The lowest BCUT2D eigenvalue weighted by Gasteiger charge is -2.30. The molecule has 2 atom stereocenters. The molecular formula is C10H18O2. The lowest BCUT2D eigenvalue weighted by Crippen LogP contribution is -2.26. The molecule has 0 aliphatic heterocycles. The number of hydrogen-bond acceptors (Lipinski definition) is 2. The van der Waals surface area contributed by atoms with Crippen molar-refractivity contribution >= 4 is 0 Å². The van der Waals surface area contributed by atoms with Crippen LogP contribution in [0.1, 0.15) is 26.7 Å². The van der Waals surface area contributed by atoms with Crippen molar-refractivity contribution in [3.63, 3.8) is 0 Å². The van der Waals surface area contributed by atoms with Crippen LogP contribution in [-0.2, 0) is 0 Å². The van der Waals surface area contributed by atoms with Crippen molar-refractivity contribution in [3.8, 4) is 0 Å². The topological polar surface area (TPSA) is 40.5 Å². The number of aliphatic hydroxyl groups is 2. The highest BCUT2D eigenvalue weighted by molar-refractivity contribution is 5.15. The molecule has 0 unspecified atom stereocenters. The zero-order valence-corrected chi connectivity index (χ0v) is 7.88. The van der Waals surface area contributed by atoms with Crippen LogP contribution in [0.15, 0.2) is 11.1 Å². The van der Waals surface area contributed by atoms with Crippen LogP contribution in [0.4, 0.5) is 0 Å². The van der Waals surface area contributed by atoms with Gasteiger partial charge in [-0.25, -0.2) is 0 Å². The quantitative estimate of drug-likeness (QED) is 0.614. The van der Waals surface area contributed by atoms with E-state index in [4.69, 9.17) is 10.2 Å². The van der Waals surface area contributed by atoms with E-state index in [9.17, 15) is 0 Å². The van der Waals surface area contributed by atoms with Gasteiger partial charge in [0.15, 0.2) is 0 Å². The highest BCUT2D eigenvalue weighted by Gasteiger charge is 2.25. The summed E-state index contributed by atoms with van der Waals surface area (Å²) < 4.78 is 0. The summed E-state index contributed by atoms with van der Waals surface area (Å²) in [5, 5.41) is 18.1. The zero-order chi connectivity index (χ0) is 9.14. The molecule has 1 aliphatic rings. The minimum absolute atomic E-state index is 0.204. The average molecular weight is 170 g/mol. The molecule has 2 nitrogen and oxygen atoms in total. The molecule has 0 fully saturated rings. The van der Waals surface area contributed by atoms with Crippen LogP contribution in [0, 0.1) is 11.8 Å². The third-order valence-corrected chi connectivity index (χ3v) is 3.00. The zero-order valence-electron chi connectivity index (χ0n) is 7.88. The molecule has 0 saturated heterocycles. The van der Waals surface area contributed by atoms with Crippen molar-refractivity contribution in [1.29, 1.82) is 0 Å². The van der Waals surface area contributed by atoms with Crippen LogP contribution >= 0.6 is 0 Å². The van der Waals surface area contributed by atoms with Gasteiger partial charge in [0.25, 0.3) is 0 Å². The Hall–Kier alpha value is -0.340. The summed E-state index contributed by atoms with van der Waals surface area (Å²) in [7, 11) is 0. The fourth-order valence-electron chi connectivity index (χ4n) is 1.90. The van der Waals surface area contributed by atoms with E-state index < -0.39 is 0 Å². The van der Waals surface area contributed by atoms with Gasteiger partial charge in [-0.2, -0.15) is 0 Å². The molecule has 1 rings (SSSR count). The summed E-state index contributed by atoms with van der Waals surface area (Å²) in [6.45, 7) is 4.64. The maximum Gasteiger partial charge on any atom is 0.0465 e. The number of allylic oxidation sites excluding steroid dienone is 2. The van der Waals surface area contributed by atoms with Crippen LogP contribution in [0.25, 0.3) is 0 Å². The minimum atomic E-state index is 0.204. The van der Waals surface area contributed by atoms with E-state index in [0.29, 0.717) is 0 Å². The monoisotopic (exact) mass is 170 g/mol. The highest BCUT2D eigenvalue weighted by Crippen LogP contribution is 2.33. The molecular weight excluding hydrogens is 152 g/mol. The Morgan fingerprint density at radius 1 is 1.00 bits per heavy atom. The first kappa shape index (κ1) is 9.75. The van der Waals surface area contributed by atoms with Crippen LogP contribution < -0.4 is 0 Å². The summed E-state index contributed by atoms with van der Waals surface area (Å²) in [4.78, 5) is 0. The first-order valence-corrected chi connectivity index (χ1v) is 4.56. The minimum Gasteiger partial charge on any atom is -0.396 e. The van der Waals surface area contributed by atoms with Crippen LogP contribution in [0.3, 0.4) is 0 Å². The summed E-state index contributed by atoms with van der Waals surface area (Å²) >= 11 is 0. The Kier molecular flexibility index (Phi) is 3.29. The third kappa shape index (κ3) is 1.87. The Bertz CT molecular complexity index is 164. The van der Waals surface area contributed by atoms with E-state index in [2.05, 4.69) is 13.8 Å². The van der Waals surface area contributed by atoms with Gasteiger partial charge in [-0.15, -0.1) is 0 Å². The van der Waals surface area contributed by atoms with Gasteiger partial charge >= 0.3 is 0 Å². The van der Waals surface area contributed by atoms with Crippen molar-refractivity contribution in [2.75, 3.05) is 13.2 Å². The molecule has 0 spiro atoms. The van der Waals surface area contributed by atoms with Gasteiger partial charge in [-0.3, -0.25) is 0 Å². The molecule has 2 N–H and O–H groups in total. The molecule has 0 heterocycles. The Labute approximate surface area is 73.9 Å². The van der Waals surface area contributed by atoms with Crippen molar-refractivity contribution in [1.82, 2.24) is 0 Å². The molecule has 12 heavy (non-hydrogen) atoms. The molecule has 0 aromatic carbocycles. The molecule has 1 aliphatic carbocycles. The standard InChI is InChI=1S/C10H18O2/c1-7-3-9(5-11)10(6-12)4-8(7)2/h9-12H,3-6H2,1-2H3/t9-,10-/m0/s1. The van der Waals surface area contributed by atoms with E-state index in [1.807, 2.05) is 0 Å². The number of hydrogen-bond donors (Lipinski definition) is 2. The van der Waals surface area contributed by atoms with Gasteiger partial charge in [0.05, 0.1) is 0 Å². The van der Waals surface area contributed by atoms with E-state index in [1.54, 1.807) is 0 Å². The maximum atomic E-state index is 9.06. The summed E-state index contributed by atoms with van der Waals surface area (Å²) in [5.41, 5.74) is 2.78. The molecule has 0 amide bonds. The smallest absolute Gasteiger partial charge is 0.0465 e. The molecule has 70 valence electrons. The Morgan fingerprint density at radius 2 is 1.33 bits per heavy atom. The Morgan fingerprint density at radius 3 is 1.58 bits per heavy atom. The van der Waals surface area contributed by atoms with E-state index in [1.165, 1.54) is 11.1 Å². The maximum absolute atomic E-state index is 9.06. The molecule has 0 bridgehead atoms. The largest absolute Gasteiger partial charge is 0.396 e. The molecule has 2 heteroatoms. The fraction of sp³-hybridized carbons (Fsp3) is 0.800. The summed E-state index contributed by atoms with van der Waals surface area (Å²) in [5.74, 6) is 0.553. The normalized spacial score (nSPS) is 31.0. The first-order valence-electron chi connectivity index (χ1n) is 4.56. The van der Waals surface area contributed by atoms with Crippen molar-refractivity contribution in [2.45, 2.75) is 26.7 Å². The van der Waals surface area contributed by atoms with Crippen molar-refractivity contribution in [3.05, 3.63) is 11.1 Å². The number of rotatable bonds is 2. The Balaban J connectivity index is 2.68. The molecule has 0 aromatic heterocycles. The predicted molar refractivity (Wildman–Crippen MR) is 48.8 cm³/mol. The van der Waals surface area contributed by atoms with Gasteiger partial charge in [-0.1, -0.05) is 11.1 Å². The van der Waals surface area contributed by atoms with Crippen LogP contribution in [0.2, 0.25) is 0 Å². The van der Waals surface area contributed by atoms with Crippen LogP contribution in [-0.4, -0.2) is 23.4 Å². The second kappa shape index (κ2) is 4.06. The fourth-order valence-corrected chi connectivity index (χ4v) is 1.90. The van der Waals surface area contributed by atoms with Crippen LogP contribution in [0.5, 0.6) is 0 Å². The lowest BCUT2D eigenvalue weighted by molar-refractivity contribution is 0.113. The van der Waals surface area contributed by atoms with E-state index in [0.717, 1.165) is 12.8 Å². The van der Waals surface area contributed by atoms with Gasteiger partial charge in [0, 0.05) is 13.2 Å². The lowest BCUT2D eigenvalue weighted by atomic mass is 9.77. The SMILES string of the molecule is CC1=C(C)C[C@@H](CO)[C@H](CO)C1. The van der Waals surface area contributed by atoms with Crippen molar-refractivity contribution in [2.24, 2.45) is 11.8 Å². The molecule has 0 radical (unpaired) electrons. The average Bonchev–Trinajstić information content (AvgIpc) is 2.09. The van der Waals surface area contributed by atoms with Gasteiger partial charge < -0.3 is 10.2 Å². The summed E-state index contributed by atoms with van der Waals surface area (Å²) in [6.07, 6.45) is 1.90. The second-order valence-electron chi connectivity index (χ2n) is 3.85. The van der Waals surface area contributed by atoms with Gasteiger partial charge in [-0.05, 0) is 38.5 Å². The predicted octanol–water partition coefficient (Wildman–Crippen LogP) is 1.33. The van der Waals surface area contributed by atoms with Gasteiger partial charge in [0.2, 0.25) is 0 Å².